The van der Waals surface area contributed by atoms with E-state index in [-0.39, 0.29) is 11.5 Å². The van der Waals surface area contributed by atoms with Gasteiger partial charge < -0.3 is 4.79 Å². The SMILES string of the molecule is [3H]C(=O)[C@H](CS)NN[C@@H](CS)C(=O)C(C)=O. The Morgan fingerprint density at radius 1 is 1.40 bits per heavy atom. The second kappa shape index (κ2) is 7.86. The summed E-state index contributed by atoms with van der Waals surface area (Å²) >= 11 is 7.77. The third-order valence-corrected chi connectivity index (χ3v) is 2.33. The fourth-order valence-corrected chi connectivity index (χ4v) is 1.18. The van der Waals surface area contributed by atoms with Gasteiger partial charge in [-0.2, -0.15) is 25.3 Å². The van der Waals surface area contributed by atoms with E-state index in [4.69, 9.17) is 1.37 Å². The van der Waals surface area contributed by atoms with Crippen LogP contribution in [-0.2, 0) is 14.4 Å². The summed E-state index contributed by atoms with van der Waals surface area (Å²) in [5, 5.41) is 0. The van der Waals surface area contributed by atoms with Crippen molar-refractivity contribution in [2.45, 2.75) is 19.0 Å². The van der Waals surface area contributed by atoms with Gasteiger partial charge in [-0.25, -0.2) is 10.9 Å². The van der Waals surface area contributed by atoms with E-state index in [1.807, 2.05) is 0 Å². The summed E-state index contributed by atoms with van der Waals surface area (Å²) in [5.41, 5.74) is 4.97. The highest BCUT2D eigenvalue weighted by Crippen LogP contribution is 1.91. The van der Waals surface area contributed by atoms with E-state index in [1.165, 1.54) is 0 Å². The number of hydrogen-bond acceptors (Lipinski definition) is 7. The molecule has 2 N–H and O–H groups in total. The normalized spacial score (nSPS) is 15.3. The van der Waals surface area contributed by atoms with Gasteiger partial charge >= 0.3 is 0 Å². The van der Waals surface area contributed by atoms with Crippen molar-refractivity contribution in [3.63, 3.8) is 0 Å². The summed E-state index contributed by atoms with van der Waals surface area (Å²) in [7, 11) is 0. The average molecular weight is 252 g/mol. The highest BCUT2D eigenvalue weighted by molar-refractivity contribution is 7.80. The molecule has 0 aliphatic rings. The summed E-state index contributed by atoms with van der Waals surface area (Å²) in [5.74, 6) is -0.995. The standard InChI is InChI=1S/C8H14N2O3S2/c1-5(12)8(13)7(4-15)10-9-6(2-11)3-14/h2,6-7,9-10,14-15H,3-4H2,1H3/t6-,7+/m1/s1/i2T. The molecule has 0 saturated heterocycles. The van der Waals surface area contributed by atoms with Crippen molar-refractivity contribution in [3.8, 4) is 0 Å². The van der Waals surface area contributed by atoms with Crippen molar-refractivity contribution >= 4 is 43.1 Å². The van der Waals surface area contributed by atoms with Crippen LogP contribution in [0.25, 0.3) is 0 Å². The van der Waals surface area contributed by atoms with E-state index >= 15 is 0 Å². The largest absolute Gasteiger partial charge is 0.302 e. The summed E-state index contributed by atoms with van der Waals surface area (Å²) in [4.78, 5) is 32.8. The van der Waals surface area contributed by atoms with Gasteiger partial charge in [0.1, 0.15) is 7.63 Å². The first-order chi connectivity index (χ1) is 7.43. The Balaban J connectivity index is 4.29. The van der Waals surface area contributed by atoms with Crippen LogP contribution in [0.4, 0.5) is 0 Å². The molecule has 2 atom stereocenters. The third kappa shape index (κ3) is 5.31. The molecular formula is C8H14N2O3S2. The summed E-state index contributed by atoms with van der Waals surface area (Å²) in [6, 6.07) is -1.65. The lowest BCUT2D eigenvalue weighted by Gasteiger charge is -2.17. The molecule has 0 aliphatic carbocycles. The summed E-state index contributed by atoms with van der Waals surface area (Å²) < 4.78 is 6.87. The highest BCUT2D eigenvalue weighted by Gasteiger charge is 2.21. The first-order valence-corrected chi connectivity index (χ1v) is 5.48. The molecule has 7 heteroatoms. The number of rotatable bonds is 8. The highest BCUT2D eigenvalue weighted by atomic mass is 32.1. The molecular weight excluding hydrogens is 236 g/mol. The van der Waals surface area contributed by atoms with Crippen LogP contribution in [0.3, 0.4) is 0 Å². The minimum atomic E-state index is -0.851. The molecule has 0 heterocycles. The van der Waals surface area contributed by atoms with Gasteiger partial charge in [-0.1, -0.05) is 0 Å². The predicted molar refractivity (Wildman–Crippen MR) is 63.3 cm³/mol. The molecule has 0 rings (SSSR count). The van der Waals surface area contributed by atoms with Crippen molar-refractivity contribution in [3.05, 3.63) is 0 Å². The third-order valence-electron chi connectivity index (χ3n) is 1.60. The zero-order valence-electron chi connectivity index (χ0n) is 9.19. The molecule has 0 fully saturated rings. The van der Waals surface area contributed by atoms with Crippen molar-refractivity contribution in [1.29, 1.82) is 0 Å². The topological polar surface area (TPSA) is 75.3 Å². The molecule has 0 aliphatic heterocycles. The van der Waals surface area contributed by atoms with E-state index in [2.05, 4.69) is 36.1 Å². The lowest BCUT2D eigenvalue weighted by atomic mass is 10.1. The quantitative estimate of drug-likeness (QED) is 0.194. The van der Waals surface area contributed by atoms with Gasteiger partial charge in [0.25, 0.3) is 0 Å². The van der Waals surface area contributed by atoms with Crippen molar-refractivity contribution in [1.82, 2.24) is 10.9 Å². The van der Waals surface area contributed by atoms with E-state index in [1.54, 1.807) is 0 Å². The molecule has 5 nitrogen and oxygen atoms in total. The molecule has 0 bridgehead atoms. The average Bonchev–Trinajstić information content (AvgIpc) is 2.23. The van der Waals surface area contributed by atoms with Crippen LogP contribution in [0.1, 0.15) is 8.29 Å². The fourth-order valence-electron chi connectivity index (χ4n) is 0.753. The maximum atomic E-state index is 11.3. The van der Waals surface area contributed by atoms with E-state index in [0.717, 1.165) is 6.92 Å². The number of carbonyl (C=O) groups excluding carboxylic acids is 3. The van der Waals surface area contributed by atoms with Crippen LogP contribution in [0, 0.1) is 0 Å². The summed E-state index contributed by atoms with van der Waals surface area (Å²) in [6.45, 7) is 1.16. The van der Waals surface area contributed by atoms with Crippen LogP contribution in [0.2, 0.25) is 0 Å². The Kier molecular flexibility index (Phi) is 6.66. The van der Waals surface area contributed by atoms with Gasteiger partial charge in [-0.3, -0.25) is 9.59 Å². The molecule has 0 aromatic rings. The van der Waals surface area contributed by atoms with Crippen molar-refractivity contribution in [2.24, 2.45) is 0 Å². The number of ketones is 2. The summed E-state index contributed by atoms with van der Waals surface area (Å²) in [6.07, 6.45) is -0.851. The first-order valence-electron chi connectivity index (χ1n) is 4.72. The minimum absolute atomic E-state index is 0.108. The van der Waals surface area contributed by atoms with Crippen LogP contribution in [-0.4, -0.2) is 41.4 Å². The molecule has 0 aromatic carbocycles. The smallest absolute Gasteiger partial charge is 0.217 e. The Bertz CT molecular complexity index is 288. The maximum Gasteiger partial charge on any atom is 0.217 e. The van der Waals surface area contributed by atoms with E-state index < -0.39 is 29.9 Å². The van der Waals surface area contributed by atoms with Gasteiger partial charge in [0.05, 0.1) is 12.1 Å². The van der Waals surface area contributed by atoms with Gasteiger partial charge in [-0.05, 0) is 0 Å². The van der Waals surface area contributed by atoms with E-state index in [9.17, 15) is 14.4 Å². The predicted octanol–water partition coefficient (Wildman–Crippen LogP) is -0.966. The molecule has 0 aromatic heterocycles. The number of nitrogens with one attached hydrogen (secondary N) is 2. The lowest BCUT2D eigenvalue weighted by molar-refractivity contribution is -0.136. The second-order valence-corrected chi connectivity index (χ2v) is 3.53. The molecule has 0 unspecified atom stereocenters. The monoisotopic (exact) mass is 252 g/mol. The van der Waals surface area contributed by atoms with Crippen LogP contribution in [0.5, 0.6) is 0 Å². The molecule has 86 valence electrons. The Morgan fingerprint density at radius 3 is 2.33 bits per heavy atom. The van der Waals surface area contributed by atoms with Gasteiger partial charge in [-0.15, -0.1) is 0 Å². The first kappa shape index (κ1) is 12.7. The molecule has 0 amide bonds. The zero-order valence-corrected chi connectivity index (χ0v) is 9.98. The number of aldehydes is 1. The van der Waals surface area contributed by atoms with Crippen LogP contribution < -0.4 is 10.9 Å². The number of thiol groups is 2. The molecule has 0 radical (unpaired) electrons. The second-order valence-electron chi connectivity index (χ2n) is 2.80. The number of Topliss-reactive ketones (excluding diaryl/α,β-unsaturated/α-hetero) is 2. The number of hydrogen-bond donors (Lipinski definition) is 4. The Labute approximate surface area is 101 Å². The van der Waals surface area contributed by atoms with E-state index in [0.29, 0.717) is 0 Å². The maximum absolute atomic E-state index is 11.3. The van der Waals surface area contributed by atoms with Crippen LogP contribution in [0.15, 0.2) is 0 Å². The molecule has 0 saturated carbocycles. The van der Waals surface area contributed by atoms with Crippen LogP contribution >= 0.6 is 25.3 Å². The minimum Gasteiger partial charge on any atom is -0.302 e. The van der Waals surface area contributed by atoms with Crippen molar-refractivity contribution in [2.75, 3.05) is 11.5 Å². The lowest BCUT2D eigenvalue weighted by Crippen LogP contribution is -2.53. The number of hydrazine groups is 1. The molecule has 15 heavy (non-hydrogen) atoms. The van der Waals surface area contributed by atoms with Gasteiger partial charge in [0, 0.05) is 18.4 Å². The van der Waals surface area contributed by atoms with Crippen molar-refractivity contribution < 1.29 is 15.8 Å². The number of carbonyl (C=O) groups is 3. The zero-order chi connectivity index (χ0) is 12.7. The molecule has 0 spiro atoms. The van der Waals surface area contributed by atoms with Gasteiger partial charge in [0.2, 0.25) is 5.78 Å². The Hall–Kier alpha value is -0.370. The fraction of sp³-hybridized carbons (Fsp3) is 0.625. The Morgan fingerprint density at radius 2 is 2.00 bits per heavy atom. The van der Waals surface area contributed by atoms with Gasteiger partial charge in [0.15, 0.2) is 5.78 Å².